The predicted molar refractivity (Wildman–Crippen MR) is 76.7 cm³/mol. The number of rotatable bonds is 3. The molecule has 0 radical (unpaired) electrons. The number of hydrogen-bond acceptors (Lipinski definition) is 4. The van der Waals surface area contributed by atoms with Crippen molar-refractivity contribution in [2.45, 2.75) is 13.5 Å². The van der Waals surface area contributed by atoms with Crippen molar-refractivity contribution in [3.05, 3.63) is 49.6 Å². The van der Waals surface area contributed by atoms with E-state index in [1.165, 1.54) is 6.33 Å². The molecule has 1 aromatic heterocycles. The van der Waals surface area contributed by atoms with Crippen LogP contribution in [0.25, 0.3) is 0 Å². The summed E-state index contributed by atoms with van der Waals surface area (Å²) in [6, 6.07) is 5.73. The number of nitrogens with zero attached hydrogens (tertiary/aromatic N) is 1. The van der Waals surface area contributed by atoms with Gasteiger partial charge in [0.1, 0.15) is 9.32 Å². The van der Waals surface area contributed by atoms with Crippen LogP contribution in [-0.4, -0.2) is 9.97 Å². The van der Waals surface area contributed by atoms with Gasteiger partial charge < -0.3 is 15.5 Å². The SMILES string of the molecule is Cc1ccc(CN)cc1Oc1nc[nH]c(=O)c1I. The zero-order valence-corrected chi connectivity index (χ0v) is 11.9. The van der Waals surface area contributed by atoms with Crippen LogP contribution in [0.15, 0.2) is 29.3 Å². The molecule has 5 nitrogen and oxygen atoms in total. The molecule has 0 atom stereocenters. The molecule has 0 aliphatic rings. The van der Waals surface area contributed by atoms with Crippen molar-refractivity contribution in [3.8, 4) is 11.6 Å². The number of nitrogens with two attached hydrogens (primary N) is 1. The predicted octanol–water partition coefficient (Wildman–Crippen LogP) is 1.93. The van der Waals surface area contributed by atoms with Gasteiger partial charge in [0.2, 0.25) is 5.88 Å². The van der Waals surface area contributed by atoms with Gasteiger partial charge in [-0.3, -0.25) is 4.79 Å². The second kappa shape index (κ2) is 5.49. The van der Waals surface area contributed by atoms with Crippen LogP contribution in [0.1, 0.15) is 11.1 Å². The maximum absolute atomic E-state index is 11.4. The molecule has 0 aliphatic carbocycles. The first-order valence-electron chi connectivity index (χ1n) is 5.32. The van der Waals surface area contributed by atoms with Gasteiger partial charge in [-0.1, -0.05) is 12.1 Å². The van der Waals surface area contributed by atoms with Crippen molar-refractivity contribution in [3.63, 3.8) is 0 Å². The first-order valence-corrected chi connectivity index (χ1v) is 6.40. The molecule has 6 heteroatoms. The number of ether oxygens (including phenoxy) is 1. The third kappa shape index (κ3) is 2.70. The van der Waals surface area contributed by atoms with Crippen LogP contribution in [0.3, 0.4) is 0 Å². The molecule has 2 aromatic rings. The van der Waals surface area contributed by atoms with Gasteiger partial charge >= 0.3 is 0 Å². The van der Waals surface area contributed by atoms with Crippen molar-refractivity contribution >= 4 is 22.6 Å². The Morgan fingerprint density at radius 1 is 1.50 bits per heavy atom. The van der Waals surface area contributed by atoms with Gasteiger partial charge in [0.15, 0.2) is 0 Å². The largest absolute Gasteiger partial charge is 0.437 e. The summed E-state index contributed by atoms with van der Waals surface area (Å²) in [6.45, 7) is 2.37. The average Bonchev–Trinajstić information content (AvgIpc) is 2.37. The third-order valence-electron chi connectivity index (χ3n) is 2.46. The van der Waals surface area contributed by atoms with Crippen molar-refractivity contribution in [2.75, 3.05) is 0 Å². The van der Waals surface area contributed by atoms with E-state index in [0.29, 0.717) is 21.7 Å². The lowest BCUT2D eigenvalue weighted by molar-refractivity contribution is 0.452. The molecule has 3 N–H and O–H groups in total. The van der Waals surface area contributed by atoms with Crippen molar-refractivity contribution in [1.29, 1.82) is 0 Å². The molecule has 18 heavy (non-hydrogen) atoms. The topological polar surface area (TPSA) is 81.0 Å². The second-order valence-electron chi connectivity index (χ2n) is 3.76. The molecule has 0 unspecified atom stereocenters. The van der Waals surface area contributed by atoms with E-state index in [1.54, 1.807) is 0 Å². The Balaban J connectivity index is 2.39. The van der Waals surface area contributed by atoms with Crippen molar-refractivity contribution in [2.24, 2.45) is 5.73 Å². The number of aromatic nitrogens is 2. The fourth-order valence-corrected chi connectivity index (χ4v) is 1.83. The van der Waals surface area contributed by atoms with E-state index >= 15 is 0 Å². The Morgan fingerprint density at radius 3 is 3.00 bits per heavy atom. The molecule has 0 aliphatic heterocycles. The summed E-state index contributed by atoms with van der Waals surface area (Å²) in [5.41, 5.74) is 7.30. The van der Waals surface area contributed by atoms with Gasteiger partial charge in [-0.15, -0.1) is 0 Å². The highest BCUT2D eigenvalue weighted by molar-refractivity contribution is 14.1. The van der Waals surface area contributed by atoms with Gasteiger partial charge in [0.25, 0.3) is 5.56 Å². The van der Waals surface area contributed by atoms with Gasteiger partial charge in [-0.05, 0) is 46.7 Å². The quantitative estimate of drug-likeness (QED) is 0.823. The van der Waals surface area contributed by atoms with Gasteiger partial charge in [0.05, 0.1) is 6.33 Å². The van der Waals surface area contributed by atoms with E-state index in [9.17, 15) is 4.79 Å². The summed E-state index contributed by atoms with van der Waals surface area (Å²) in [4.78, 5) is 17.9. The van der Waals surface area contributed by atoms with E-state index in [1.807, 2.05) is 47.7 Å². The molecular weight excluding hydrogens is 345 g/mol. The second-order valence-corrected chi connectivity index (χ2v) is 4.84. The maximum atomic E-state index is 11.4. The molecule has 0 saturated heterocycles. The van der Waals surface area contributed by atoms with E-state index in [2.05, 4.69) is 9.97 Å². The Labute approximate surface area is 118 Å². The monoisotopic (exact) mass is 357 g/mol. The van der Waals surface area contributed by atoms with Crippen LogP contribution >= 0.6 is 22.6 Å². The van der Waals surface area contributed by atoms with Crippen LogP contribution < -0.4 is 16.0 Å². The average molecular weight is 357 g/mol. The van der Waals surface area contributed by atoms with Gasteiger partial charge in [-0.2, -0.15) is 0 Å². The number of benzene rings is 1. The van der Waals surface area contributed by atoms with E-state index in [0.717, 1.165) is 11.1 Å². The molecule has 1 heterocycles. The molecular formula is C12H12IN3O2. The molecule has 94 valence electrons. The Morgan fingerprint density at radius 2 is 2.28 bits per heavy atom. The summed E-state index contributed by atoms with van der Waals surface area (Å²) in [5, 5.41) is 0. The summed E-state index contributed by atoms with van der Waals surface area (Å²) >= 11 is 1.91. The molecule has 0 fully saturated rings. The first-order chi connectivity index (χ1) is 8.61. The Kier molecular flexibility index (Phi) is 3.97. The third-order valence-corrected chi connectivity index (χ3v) is 3.41. The molecule has 2 rings (SSSR count). The molecule has 0 spiro atoms. The minimum absolute atomic E-state index is 0.215. The number of aryl methyl sites for hydroxylation is 1. The summed E-state index contributed by atoms with van der Waals surface area (Å²) in [5.74, 6) is 0.964. The molecule has 0 amide bonds. The molecule has 0 saturated carbocycles. The lowest BCUT2D eigenvalue weighted by Crippen LogP contribution is -2.11. The Bertz CT molecular complexity index is 625. The van der Waals surface area contributed by atoms with Crippen LogP contribution in [0.2, 0.25) is 0 Å². The normalized spacial score (nSPS) is 10.4. The zero-order chi connectivity index (χ0) is 13.1. The summed E-state index contributed by atoms with van der Waals surface area (Å²) < 4.78 is 6.09. The highest BCUT2D eigenvalue weighted by Crippen LogP contribution is 2.26. The number of hydrogen-bond donors (Lipinski definition) is 2. The maximum Gasteiger partial charge on any atom is 0.268 e. The summed E-state index contributed by atoms with van der Waals surface area (Å²) in [7, 11) is 0. The molecule has 1 aromatic carbocycles. The van der Waals surface area contributed by atoms with Gasteiger partial charge in [-0.25, -0.2) is 4.98 Å². The van der Waals surface area contributed by atoms with Crippen LogP contribution in [0.4, 0.5) is 0 Å². The number of nitrogens with one attached hydrogen (secondary N) is 1. The summed E-state index contributed by atoms with van der Waals surface area (Å²) in [6.07, 6.45) is 1.32. The van der Waals surface area contributed by atoms with Crippen molar-refractivity contribution in [1.82, 2.24) is 9.97 Å². The fraction of sp³-hybridized carbons (Fsp3) is 0.167. The number of aromatic amines is 1. The van der Waals surface area contributed by atoms with Crippen LogP contribution in [0, 0.1) is 10.5 Å². The minimum atomic E-state index is -0.215. The van der Waals surface area contributed by atoms with E-state index in [-0.39, 0.29) is 5.56 Å². The van der Waals surface area contributed by atoms with Gasteiger partial charge in [0, 0.05) is 6.54 Å². The van der Waals surface area contributed by atoms with Crippen molar-refractivity contribution < 1.29 is 4.74 Å². The lowest BCUT2D eigenvalue weighted by atomic mass is 10.1. The zero-order valence-electron chi connectivity index (χ0n) is 9.74. The fourth-order valence-electron chi connectivity index (χ4n) is 1.42. The molecule has 0 bridgehead atoms. The number of halogens is 1. The first kappa shape index (κ1) is 13.0. The highest BCUT2D eigenvalue weighted by Gasteiger charge is 2.09. The smallest absolute Gasteiger partial charge is 0.268 e. The highest BCUT2D eigenvalue weighted by atomic mass is 127. The Hall–Kier alpha value is -1.41. The van der Waals surface area contributed by atoms with E-state index in [4.69, 9.17) is 10.5 Å². The minimum Gasteiger partial charge on any atom is -0.437 e. The van der Waals surface area contributed by atoms with E-state index < -0.39 is 0 Å². The standard InChI is InChI=1S/C12H12IN3O2/c1-7-2-3-8(5-14)4-9(7)18-12-10(13)11(17)15-6-16-12/h2-4,6H,5,14H2,1H3,(H,15,16,17). The number of H-pyrrole nitrogens is 1. The van der Waals surface area contributed by atoms with Crippen LogP contribution in [-0.2, 0) is 6.54 Å². The lowest BCUT2D eigenvalue weighted by Gasteiger charge is -2.09. The van der Waals surface area contributed by atoms with Crippen LogP contribution in [0.5, 0.6) is 11.6 Å².